The molecule has 0 aliphatic carbocycles. The Hall–Kier alpha value is -5.78. The van der Waals surface area contributed by atoms with Crippen LogP contribution in [0.4, 0.5) is 0 Å². The van der Waals surface area contributed by atoms with Gasteiger partial charge >= 0.3 is 0 Å². The maximum absolute atomic E-state index is 4.94. The summed E-state index contributed by atoms with van der Waals surface area (Å²) in [5, 5.41) is 7.52. The first-order valence-corrected chi connectivity index (χ1v) is 15.9. The number of hydrogen-bond donors (Lipinski definition) is 0. The van der Waals surface area contributed by atoms with Gasteiger partial charge in [0.2, 0.25) is 0 Å². The molecule has 0 unspecified atom stereocenters. The average Bonchev–Trinajstić information content (AvgIpc) is 3.76. The minimum atomic E-state index is 0.827. The molecule has 0 spiro atoms. The Morgan fingerprint density at radius 3 is 1.82 bits per heavy atom. The summed E-state index contributed by atoms with van der Waals surface area (Å²) in [6.45, 7) is 0. The number of hydrogen-bond acceptors (Lipinski definition) is 3. The van der Waals surface area contributed by atoms with Crippen molar-refractivity contribution in [3.8, 4) is 22.8 Å². The maximum Gasteiger partial charge on any atom is 0.164 e. The first kappa shape index (κ1) is 24.6. The zero-order valence-electron chi connectivity index (χ0n) is 24.1. The molecule has 4 aromatic heterocycles. The molecule has 0 aliphatic heterocycles. The van der Waals surface area contributed by atoms with Crippen LogP contribution >= 0.6 is 11.3 Å². The first-order valence-electron chi connectivity index (χ1n) is 15.1. The van der Waals surface area contributed by atoms with E-state index >= 15 is 0 Å². The standard InChI is InChI=1S/C40H24N4S/c1-2-10-25(11-3-1)39-40(42-23-22-41-39)44-32-16-8-5-14-29(32)38-34(44)20-19-33-37(38)28-13-4-7-15-31(28)43(33)26-18-21-36-30(24-26)27-12-6-9-17-35(27)45-36/h1-24H. The second-order valence-electron chi connectivity index (χ2n) is 11.4. The molecule has 0 saturated carbocycles. The van der Waals surface area contributed by atoms with Crippen molar-refractivity contribution in [3.05, 3.63) is 146 Å². The van der Waals surface area contributed by atoms with Gasteiger partial charge in [-0.15, -0.1) is 11.3 Å². The molecule has 0 N–H and O–H groups in total. The van der Waals surface area contributed by atoms with Gasteiger partial charge in [-0.25, -0.2) is 4.98 Å². The fourth-order valence-electron chi connectivity index (χ4n) is 7.17. The van der Waals surface area contributed by atoms with Crippen LogP contribution in [0.1, 0.15) is 0 Å². The van der Waals surface area contributed by atoms with Crippen LogP contribution in [0.25, 0.3) is 86.5 Å². The summed E-state index contributed by atoms with van der Waals surface area (Å²) in [4.78, 5) is 9.77. The van der Waals surface area contributed by atoms with Crippen molar-refractivity contribution in [3.63, 3.8) is 0 Å². The summed E-state index contributed by atoms with van der Waals surface area (Å²) >= 11 is 1.86. The average molecular weight is 593 g/mol. The Morgan fingerprint density at radius 2 is 1.04 bits per heavy atom. The van der Waals surface area contributed by atoms with E-state index in [2.05, 4.69) is 124 Å². The van der Waals surface area contributed by atoms with Gasteiger partial charge in [-0.3, -0.25) is 9.55 Å². The zero-order valence-corrected chi connectivity index (χ0v) is 24.9. The molecule has 0 amide bonds. The third kappa shape index (κ3) is 3.47. The molecule has 0 fully saturated rings. The summed E-state index contributed by atoms with van der Waals surface area (Å²) < 4.78 is 7.35. The van der Waals surface area contributed by atoms with E-state index in [4.69, 9.17) is 9.97 Å². The molecule has 0 aliphatic rings. The number of fused-ring (bicyclic) bond motifs is 10. The molecule has 210 valence electrons. The highest BCUT2D eigenvalue weighted by Crippen LogP contribution is 2.43. The van der Waals surface area contributed by atoms with E-state index in [9.17, 15) is 0 Å². The van der Waals surface area contributed by atoms with Gasteiger partial charge < -0.3 is 4.57 Å². The molecule has 6 aromatic carbocycles. The lowest BCUT2D eigenvalue weighted by molar-refractivity contribution is 1.05. The van der Waals surface area contributed by atoms with E-state index in [0.29, 0.717) is 0 Å². The fraction of sp³-hybridized carbons (Fsp3) is 0. The lowest BCUT2D eigenvalue weighted by Crippen LogP contribution is -2.02. The molecular weight excluding hydrogens is 569 g/mol. The van der Waals surface area contributed by atoms with Crippen molar-refractivity contribution in [1.29, 1.82) is 0 Å². The third-order valence-corrected chi connectivity index (χ3v) is 10.2. The van der Waals surface area contributed by atoms with Crippen LogP contribution in [0.3, 0.4) is 0 Å². The van der Waals surface area contributed by atoms with Crippen LogP contribution in [0, 0.1) is 0 Å². The zero-order chi connectivity index (χ0) is 29.5. The van der Waals surface area contributed by atoms with Crippen molar-refractivity contribution in [1.82, 2.24) is 19.1 Å². The number of thiophene rings is 1. The van der Waals surface area contributed by atoms with E-state index in [0.717, 1.165) is 28.1 Å². The lowest BCUT2D eigenvalue weighted by Gasteiger charge is -2.12. The monoisotopic (exact) mass is 592 g/mol. The van der Waals surface area contributed by atoms with E-state index in [-0.39, 0.29) is 0 Å². The van der Waals surface area contributed by atoms with E-state index in [1.165, 1.54) is 58.4 Å². The van der Waals surface area contributed by atoms with Crippen molar-refractivity contribution in [2.45, 2.75) is 0 Å². The smallest absolute Gasteiger partial charge is 0.164 e. The molecule has 45 heavy (non-hydrogen) atoms. The molecule has 0 bridgehead atoms. The number of para-hydroxylation sites is 2. The molecule has 10 rings (SSSR count). The van der Waals surface area contributed by atoms with Crippen molar-refractivity contribution in [2.24, 2.45) is 0 Å². The predicted octanol–water partition coefficient (Wildman–Crippen LogP) is 10.7. The molecule has 0 saturated heterocycles. The highest BCUT2D eigenvalue weighted by Gasteiger charge is 2.22. The van der Waals surface area contributed by atoms with Crippen LogP contribution in [-0.2, 0) is 0 Å². The van der Waals surface area contributed by atoms with Crippen molar-refractivity contribution < 1.29 is 0 Å². The highest BCUT2D eigenvalue weighted by molar-refractivity contribution is 7.25. The van der Waals surface area contributed by atoms with Gasteiger partial charge in [0.05, 0.1) is 22.1 Å². The summed E-state index contributed by atoms with van der Waals surface area (Å²) in [6, 6.07) is 47.9. The topological polar surface area (TPSA) is 35.6 Å². The predicted molar refractivity (Wildman–Crippen MR) is 189 cm³/mol. The molecule has 0 radical (unpaired) electrons. The SMILES string of the molecule is c1ccc(-c2nccnc2-n2c3ccccc3c3c4c5ccccc5n(-c5ccc6sc7ccccc7c6c5)c4ccc32)cc1. The molecule has 4 nitrogen and oxygen atoms in total. The largest absolute Gasteiger partial charge is 0.309 e. The van der Waals surface area contributed by atoms with Gasteiger partial charge in [0.15, 0.2) is 5.82 Å². The van der Waals surface area contributed by atoms with Crippen LogP contribution in [0.15, 0.2) is 146 Å². The Bertz CT molecular complexity index is 2770. The summed E-state index contributed by atoms with van der Waals surface area (Å²) in [5.41, 5.74) is 7.68. The van der Waals surface area contributed by atoms with Gasteiger partial charge in [0.25, 0.3) is 0 Å². The second-order valence-corrected chi connectivity index (χ2v) is 12.5. The van der Waals surface area contributed by atoms with Crippen LogP contribution in [-0.4, -0.2) is 19.1 Å². The summed E-state index contributed by atoms with van der Waals surface area (Å²) in [7, 11) is 0. The number of nitrogens with zero attached hydrogens (tertiary/aromatic N) is 4. The van der Waals surface area contributed by atoms with E-state index in [1.807, 2.05) is 29.5 Å². The maximum atomic E-state index is 4.94. The van der Waals surface area contributed by atoms with Crippen molar-refractivity contribution >= 4 is 75.1 Å². The van der Waals surface area contributed by atoms with Gasteiger partial charge in [0.1, 0.15) is 5.69 Å². The quantitative estimate of drug-likeness (QED) is 0.205. The van der Waals surface area contributed by atoms with Gasteiger partial charge in [-0.2, -0.15) is 0 Å². The summed E-state index contributed by atoms with van der Waals surface area (Å²) in [5.74, 6) is 0.827. The van der Waals surface area contributed by atoms with Gasteiger partial charge in [-0.1, -0.05) is 84.9 Å². The highest BCUT2D eigenvalue weighted by atomic mass is 32.1. The Balaban J connectivity index is 1.33. The first-order chi connectivity index (χ1) is 22.3. The number of rotatable bonds is 3. The Morgan fingerprint density at radius 1 is 0.444 bits per heavy atom. The van der Waals surface area contributed by atoms with E-state index < -0.39 is 0 Å². The second kappa shape index (κ2) is 9.36. The third-order valence-electron chi connectivity index (χ3n) is 9.03. The molecule has 0 atom stereocenters. The molecule has 10 aromatic rings. The van der Waals surface area contributed by atoms with Crippen LogP contribution in [0.2, 0.25) is 0 Å². The normalized spacial score (nSPS) is 12.0. The van der Waals surface area contributed by atoms with Gasteiger partial charge in [0, 0.05) is 65.4 Å². The summed E-state index contributed by atoms with van der Waals surface area (Å²) in [6.07, 6.45) is 3.57. The number of benzene rings is 6. The van der Waals surface area contributed by atoms with Gasteiger partial charge in [-0.05, 0) is 48.5 Å². The minimum absolute atomic E-state index is 0.827. The number of aromatic nitrogens is 4. The lowest BCUT2D eigenvalue weighted by atomic mass is 10.1. The Kier molecular flexibility index (Phi) is 5.12. The van der Waals surface area contributed by atoms with Crippen LogP contribution < -0.4 is 0 Å². The van der Waals surface area contributed by atoms with E-state index in [1.54, 1.807) is 12.4 Å². The Labute approximate surface area is 262 Å². The minimum Gasteiger partial charge on any atom is -0.309 e. The van der Waals surface area contributed by atoms with Crippen LogP contribution in [0.5, 0.6) is 0 Å². The molecular formula is C40H24N4S. The molecule has 4 heterocycles. The fourth-order valence-corrected chi connectivity index (χ4v) is 8.26. The molecule has 5 heteroatoms. The van der Waals surface area contributed by atoms with Crippen molar-refractivity contribution in [2.75, 3.05) is 0 Å².